The van der Waals surface area contributed by atoms with Gasteiger partial charge in [0.15, 0.2) is 0 Å². The van der Waals surface area contributed by atoms with E-state index in [1.807, 2.05) is 30.3 Å². The first-order valence-electron chi connectivity index (χ1n) is 6.11. The zero-order valence-corrected chi connectivity index (χ0v) is 10.3. The van der Waals surface area contributed by atoms with Crippen LogP contribution in [0.3, 0.4) is 0 Å². The van der Waals surface area contributed by atoms with Gasteiger partial charge in [0.2, 0.25) is 0 Å². The van der Waals surface area contributed by atoms with E-state index in [4.69, 9.17) is 5.73 Å². The maximum atomic E-state index is 14.2. The largest absolute Gasteiger partial charge is 0.326 e. The van der Waals surface area contributed by atoms with Crippen molar-refractivity contribution in [2.45, 2.75) is 6.54 Å². The van der Waals surface area contributed by atoms with Crippen molar-refractivity contribution in [3.05, 3.63) is 66.2 Å². The summed E-state index contributed by atoms with van der Waals surface area (Å²) in [7, 11) is 0. The quantitative estimate of drug-likeness (QED) is 0.758. The normalized spacial score (nSPS) is 10.8. The molecule has 2 aromatic carbocycles. The fourth-order valence-electron chi connectivity index (χ4n) is 2.25. The summed E-state index contributed by atoms with van der Waals surface area (Å²) < 4.78 is 14.2. The van der Waals surface area contributed by atoms with Gasteiger partial charge in [0, 0.05) is 29.9 Å². The Morgan fingerprint density at radius 2 is 1.95 bits per heavy atom. The van der Waals surface area contributed by atoms with Crippen LogP contribution in [0.2, 0.25) is 0 Å². The predicted molar refractivity (Wildman–Crippen MR) is 75.0 cm³/mol. The summed E-state index contributed by atoms with van der Waals surface area (Å²) in [5.41, 5.74) is 7.75. The van der Waals surface area contributed by atoms with Crippen LogP contribution in [0.25, 0.3) is 21.9 Å². The third kappa shape index (κ3) is 2.09. The number of nitrogens with zero attached hydrogens (tertiary/aromatic N) is 1. The molecule has 0 unspecified atom stereocenters. The first-order chi connectivity index (χ1) is 9.29. The molecule has 0 saturated carbocycles. The smallest absolute Gasteiger partial charge is 0.131 e. The Hall–Kier alpha value is -2.26. The molecule has 0 aliphatic carbocycles. The highest BCUT2D eigenvalue weighted by Gasteiger charge is 2.09. The van der Waals surface area contributed by atoms with Crippen LogP contribution in [0.1, 0.15) is 5.56 Å². The molecule has 0 amide bonds. The number of fused-ring (bicyclic) bond motifs is 1. The first kappa shape index (κ1) is 11.8. The third-order valence-electron chi connectivity index (χ3n) is 3.24. The van der Waals surface area contributed by atoms with Crippen molar-refractivity contribution in [2.75, 3.05) is 0 Å². The van der Waals surface area contributed by atoms with E-state index in [1.165, 1.54) is 6.07 Å². The maximum absolute atomic E-state index is 14.2. The van der Waals surface area contributed by atoms with Gasteiger partial charge >= 0.3 is 0 Å². The second kappa shape index (κ2) is 4.78. The zero-order valence-electron chi connectivity index (χ0n) is 10.3. The van der Waals surface area contributed by atoms with Crippen molar-refractivity contribution in [3.8, 4) is 11.1 Å². The van der Waals surface area contributed by atoms with Gasteiger partial charge < -0.3 is 5.73 Å². The number of nitrogens with two attached hydrogens (primary N) is 1. The molecule has 19 heavy (non-hydrogen) atoms. The first-order valence-corrected chi connectivity index (χ1v) is 6.11. The fourth-order valence-corrected chi connectivity index (χ4v) is 2.25. The van der Waals surface area contributed by atoms with Gasteiger partial charge in [-0.3, -0.25) is 4.98 Å². The molecule has 0 fully saturated rings. The van der Waals surface area contributed by atoms with Crippen molar-refractivity contribution in [1.82, 2.24) is 4.98 Å². The summed E-state index contributed by atoms with van der Waals surface area (Å²) in [5.74, 6) is -0.251. The molecule has 2 nitrogen and oxygen atoms in total. The summed E-state index contributed by atoms with van der Waals surface area (Å²) in [6, 6.07) is 12.9. The molecule has 0 atom stereocenters. The van der Waals surface area contributed by atoms with Crippen LogP contribution < -0.4 is 5.73 Å². The van der Waals surface area contributed by atoms with Crippen LogP contribution in [0.5, 0.6) is 0 Å². The summed E-state index contributed by atoms with van der Waals surface area (Å²) in [6.45, 7) is 0.342. The highest BCUT2D eigenvalue weighted by molar-refractivity contribution is 5.96. The Bertz CT molecular complexity index is 732. The van der Waals surface area contributed by atoms with Gasteiger partial charge in [0.1, 0.15) is 5.82 Å². The third-order valence-corrected chi connectivity index (χ3v) is 3.24. The molecule has 0 radical (unpaired) electrons. The van der Waals surface area contributed by atoms with E-state index >= 15 is 0 Å². The van der Waals surface area contributed by atoms with E-state index in [0.717, 1.165) is 21.9 Å². The molecule has 2 N–H and O–H groups in total. The van der Waals surface area contributed by atoms with Gasteiger partial charge in [-0.2, -0.15) is 0 Å². The Morgan fingerprint density at radius 1 is 1.05 bits per heavy atom. The van der Waals surface area contributed by atoms with E-state index in [9.17, 15) is 4.39 Å². The molecule has 0 aliphatic heterocycles. The second-order valence-corrected chi connectivity index (χ2v) is 4.42. The van der Waals surface area contributed by atoms with Crippen LogP contribution in [-0.2, 0) is 6.54 Å². The average Bonchev–Trinajstić information content (AvgIpc) is 2.46. The summed E-state index contributed by atoms with van der Waals surface area (Å²) in [4.78, 5) is 4.12. The lowest BCUT2D eigenvalue weighted by Gasteiger charge is -2.08. The van der Waals surface area contributed by atoms with Crippen LogP contribution in [0, 0.1) is 5.82 Å². The van der Waals surface area contributed by atoms with Gasteiger partial charge in [-0.05, 0) is 28.6 Å². The minimum atomic E-state index is -0.251. The van der Waals surface area contributed by atoms with Gasteiger partial charge in [0.05, 0.1) is 0 Å². The van der Waals surface area contributed by atoms with Gasteiger partial charge in [-0.1, -0.05) is 30.3 Å². The lowest BCUT2D eigenvalue weighted by atomic mass is 9.98. The Morgan fingerprint density at radius 3 is 2.74 bits per heavy atom. The molecule has 3 heteroatoms. The minimum absolute atomic E-state index is 0.251. The van der Waals surface area contributed by atoms with Crippen LogP contribution >= 0.6 is 0 Å². The Balaban J connectivity index is 2.24. The second-order valence-electron chi connectivity index (χ2n) is 4.42. The lowest BCUT2D eigenvalue weighted by molar-refractivity contribution is 0.629. The SMILES string of the molecule is NCc1ccc(-c2cccc3ccncc23)c(F)c1. The molecular formula is C16H13FN2. The van der Waals surface area contributed by atoms with Crippen molar-refractivity contribution >= 4 is 10.8 Å². The van der Waals surface area contributed by atoms with Crippen LogP contribution in [-0.4, -0.2) is 4.98 Å². The average molecular weight is 252 g/mol. The van der Waals surface area contributed by atoms with Crippen molar-refractivity contribution in [2.24, 2.45) is 5.73 Å². The number of rotatable bonds is 2. The topological polar surface area (TPSA) is 38.9 Å². The predicted octanol–water partition coefficient (Wildman–Crippen LogP) is 3.50. The van der Waals surface area contributed by atoms with Crippen molar-refractivity contribution < 1.29 is 4.39 Å². The summed E-state index contributed by atoms with van der Waals surface area (Å²) >= 11 is 0. The maximum Gasteiger partial charge on any atom is 0.131 e. The number of pyridine rings is 1. The molecule has 0 spiro atoms. The van der Waals surface area contributed by atoms with Crippen molar-refractivity contribution in [1.29, 1.82) is 0 Å². The molecule has 94 valence electrons. The molecule has 0 aliphatic rings. The zero-order chi connectivity index (χ0) is 13.2. The minimum Gasteiger partial charge on any atom is -0.326 e. The molecule has 0 bridgehead atoms. The molecule has 3 rings (SSSR count). The van der Waals surface area contributed by atoms with E-state index in [1.54, 1.807) is 18.5 Å². The van der Waals surface area contributed by atoms with E-state index in [2.05, 4.69) is 4.98 Å². The Labute approximate surface area is 110 Å². The monoisotopic (exact) mass is 252 g/mol. The summed E-state index contributed by atoms with van der Waals surface area (Å²) in [6.07, 6.45) is 3.50. The molecular weight excluding hydrogens is 239 g/mol. The highest BCUT2D eigenvalue weighted by atomic mass is 19.1. The fraction of sp³-hybridized carbons (Fsp3) is 0.0625. The van der Waals surface area contributed by atoms with Crippen LogP contribution in [0.4, 0.5) is 4.39 Å². The molecule has 1 heterocycles. The molecule has 0 saturated heterocycles. The van der Waals surface area contributed by atoms with Crippen molar-refractivity contribution in [3.63, 3.8) is 0 Å². The molecule has 3 aromatic rings. The lowest BCUT2D eigenvalue weighted by Crippen LogP contribution is -1.97. The van der Waals surface area contributed by atoms with E-state index < -0.39 is 0 Å². The van der Waals surface area contributed by atoms with E-state index in [0.29, 0.717) is 12.1 Å². The van der Waals surface area contributed by atoms with Crippen LogP contribution in [0.15, 0.2) is 54.9 Å². The summed E-state index contributed by atoms with van der Waals surface area (Å²) in [5, 5.41) is 2.00. The van der Waals surface area contributed by atoms with E-state index in [-0.39, 0.29) is 5.82 Å². The van der Waals surface area contributed by atoms with Gasteiger partial charge in [0.25, 0.3) is 0 Å². The van der Waals surface area contributed by atoms with Gasteiger partial charge in [-0.15, -0.1) is 0 Å². The number of aromatic nitrogens is 1. The number of benzene rings is 2. The number of hydrogen-bond donors (Lipinski definition) is 1. The van der Waals surface area contributed by atoms with Gasteiger partial charge in [-0.25, -0.2) is 4.39 Å². The standard InChI is InChI=1S/C16H13FN2/c17-16-8-11(9-18)4-5-14(16)13-3-1-2-12-6-7-19-10-15(12)13/h1-8,10H,9,18H2. The molecule has 1 aromatic heterocycles. The number of halogens is 1. The highest BCUT2D eigenvalue weighted by Crippen LogP contribution is 2.30. The number of hydrogen-bond acceptors (Lipinski definition) is 2. The Kier molecular flexibility index (Phi) is 2.97.